The van der Waals surface area contributed by atoms with Crippen LogP contribution in [0.4, 0.5) is 0 Å². The van der Waals surface area contributed by atoms with Gasteiger partial charge in [0.2, 0.25) is 0 Å². The number of rotatable bonds is 0. The summed E-state index contributed by atoms with van der Waals surface area (Å²) in [4.78, 5) is 14.3. The SMILES string of the molecule is C.O=[PH](O)O.[NaH]. The van der Waals surface area contributed by atoms with Gasteiger partial charge in [0.1, 0.15) is 0 Å². The molecular formula is CH8NaO3P. The third kappa shape index (κ3) is 67.1. The average Bonchev–Trinajstić information content (AvgIpc) is 0.811. The molecule has 0 saturated heterocycles. The van der Waals surface area contributed by atoms with E-state index in [1.807, 2.05) is 0 Å². The summed E-state index contributed by atoms with van der Waals surface area (Å²) in [6.07, 6.45) is 0. The van der Waals surface area contributed by atoms with Gasteiger partial charge in [-0.05, 0) is 0 Å². The van der Waals surface area contributed by atoms with Crippen molar-refractivity contribution in [2.45, 2.75) is 7.43 Å². The maximum absolute atomic E-state index is 8.74. The summed E-state index contributed by atoms with van der Waals surface area (Å²) >= 11 is 0. The van der Waals surface area contributed by atoms with Crippen LogP contribution in [0.25, 0.3) is 0 Å². The predicted molar refractivity (Wildman–Crippen MR) is 27.3 cm³/mol. The van der Waals surface area contributed by atoms with Gasteiger partial charge in [-0.3, -0.25) is 4.57 Å². The second-order valence-corrected chi connectivity index (χ2v) is 0.848. The van der Waals surface area contributed by atoms with E-state index in [1.165, 1.54) is 0 Å². The Morgan fingerprint density at radius 3 is 1.33 bits per heavy atom. The van der Waals surface area contributed by atoms with Gasteiger partial charge in [-0.25, -0.2) is 0 Å². The fourth-order valence-electron chi connectivity index (χ4n) is 0. The summed E-state index contributed by atoms with van der Waals surface area (Å²) in [5.41, 5.74) is 0. The zero-order valence-electron chi connectivity index (χ0n) is 1.80. The summed E-state index contributed by atoms with van der Waals surface area (Å²) < 4.78 is 8.74. The molecule has 3 nitrogen and oxygen atoms in total. The molecule has 0 bridgehead atoms. The Labute approximate surface area is 59.6 Å². The monoisotopic (exact) mass is 122 g/mol. The van der Waals surface area contributed by atoms with Crippen LogP contribution in [0.2, 0.25) is 0 Å². The van der Waals surface area contributed by atoms with E-state index < -0.39 is 8.25 Å². The Morgan fingerprint density at radius 1 is 1.33 bits per heavy atom. The van der Waals surface area contributed by atoms with Crippen molar-refractivity contribution in [1.29, 1.82) is 0 Å². The average molecular weight is 122 g/mol. The molecule has 0 rings (SSSR count). The van der Waals surface area contributed by atoms with E-state index in [9.17, 15) is 0 Å². The molecule has 2 N–H and O–H groups in total. The molecule has 0 aromatic heterocycles. The molecule has 0 spiro atoms. The van der Waals surface area contributed by atoms with Crippen LogP contribution in [0.1, 0.15) is 7.43 Å². The Hall–Kier alpha value is 1.15. The molecule has 0 fully saturated rings. The second kappa shape index (κ2) is 9.47. The first kappa shape index (κ1) is 15.7. The van der Waals surface area contributed by atoms with Crippen LogP contribution >= 0.6 is 8.25 Å². The van der Waals surface area contributed by atoms with Gasteiger partial charge in [-0.2, -0.15) is 0 Å². The fourth-order valence-corrected chi connectivity index (χ4v) is 0. The summed E-state index contributed by atoms with van der Waals surface area (Å²) in [5, 5.41) is 0. The molecule has 0 aromatic carbocycles. The molecule has 0 saturated carbocycles. The quantitative estimate of drug-likeness (QED) is 0.331. The maximum atomic E-state index is 8.74. The van der Waals surface area contributed by atoms with E-state index in [4.69, 9.17) is 14.4 Å². The summed E-state index contributed by atoms with van der Waals surface area (Å²) in [5.74, 6) is 0. The van der Waals surface area contributed by atoms with Crippen LogP contribution in [0.15, 0.2) is 0 Å². The molecule has 0 aliphatic rings. The van der Waals surface area contributed by atoms with E-state index in [-0.39, 0.29) is 37.0 Å². The van der Waals surface area contributed by atoms with Crippen LogP contribution in [-0.4, -0.2) is 39.3 Å². The van der Waals surface area contributed by atoms with Gasteiger partial charge >= 0.3 is 37.8 Å². The third-order valence-electron chi connectivity index (χ3n) is 0. The van der Waals surface area contributed by atoms with E-state index >= 15 is 0 Å². The van der Waals surface area contributed by atoms with Crippen LogP contribution in [0.3, 0.4) is 0 Å². The van der Waals surface area contributed by atoms with Crippen LogP contribution in [0.5, 0.6) is 0 Å². The first-order valence-corrected chi connectivity index (χ1v) is 1.95. The number of hydrogen-bond donors (Lipinski definition) is 2. The Bertz CT molecular complexity index is 33.8. The molecule has 0 aromatic rings. The van der Waals surface area contributed by atoms with Gasteiger partial charge in [0, 0.05) is 0 Å². The Balaban J connectivity index is -0.0000000450. The van der Waals surface area contributed by atoms with E-state index in [0.717, 1.165) is 0 Å². The topological polar surface area (TPSA) is 57.5 Å². The molecule has 5 heteroatoms. The van der Waals surface area contributed by atoms with Gasteiger partial charge in [-0.1, -0.05) is 7.43 Å². The minimum atomic E-state index is -3.13. The molecule has 0 aliphatic carbocycles. The zero-order valence-corrected chi connectivity index (χ0v) is 2.80. The van der Waals surface area contributed by atoms with Crippen LogP contribution in [0, 0.1) is 0 Å². The van der Waals surface area contributed by atoms with Crippen molar-refractivity contribution in [3.8, 4) is 0 Å². The van der Waals surface area contributed by atoms with Crippen molar-refractivity contribution in [3.63, 3.8) is 0 Å². The van der Waals surface area contributed by atoms with Gasteiger partial charge in [0.25, 0.3) is 0 Å². The van der Waals surface area contributed by atoms with Gasteiger partial charge in [-0.15, -0.1) is 0 Å². The molecule has 0 aliphatic heterocycles. The molecule has 6 heavy (non-hydrogen) atoms. The first-order valence-electron chi connectivity index (χ1n) is 0.651. The molecular weight excluding hydrogens is 114 g/mol. The van der Waals surface area contributed by atoms with Crippen LogP contribution < -0.4 is 0 Å². The third-order valence-corrected chi connectivity index (χ3v) is 0. The van der Waals surface area contributed by atoms with Crippen molar-refractivity contribution < 1.29 is 14.4 Å². The fraction of sp³-hybridized carbons (Fsp3) is 1.00. The van der Waals surface area contributed by atoms with E-state index in [0.29, 0.717) is 0 Å². The molecule has 0 radical (unpaired) electrons. The van der Waals surface area contributed by atoms with E-state index in [2.05, 4.69) is 0 Å². The zero-order chi connectivity index (χ0) is 3.58. The van der Waals surface area contributed by atoms with E-state index in [1.54, 1.807) is 0 Å². The second-order valence-electron chi connectivity index (χ2n) is 0.283. The molecule has 0 heterocycles. The molecule has 0 unspecified atom stereocenters. The first-order chi connectivity index (χ1) is 1.73. The standard InChI is InChI=1S/CH4.Na.H3O3P.H/c;;1-4(2)3;/h1H4;;4H,(H2,1,2,3);. The van der Waals surface area contributed by atoms with Crippen molar-refractivity contribution in [2.75, 3.05) is 0 Å². The number of hydrogen-bond acceptors (Lipinski definition) is 1. The van der Waals surface area contributed by atoms with Crippen LogP contribution in [-0.2, 0) is 4.57 Å². The van der Waals surface area contributed by atoms with Crippen molar-refractivity contribution in [2.24, 2.45) is 0 Å². The molecule has 36 valence electrons. The van der Waals surface area contributed by atoms with Gasteiger partial charge < -0.3 is 9.79 Å². The summed E-state index contributed by atoms with van der Waals surface area (Å²) in [7, 11) is -3.13. The predicted octanol–water partition coefficient (Wildman–Crippen LogP) is -0.652. The van der Waals surface area contributed by atoms with Gasteiger partial charge in [0.15, 0.2) is 0 Å². The normalized spacial score (nSPS) is 5.83. The molecule has 0 atom stereocenters. The van der Waals surface area contributed by atoms with Crippen molar-refractivity contribution in [3.05, 3.63) is 0 Å². The van der Waals surface area contributed by atoms with Gasteiger partial charge in [0.05, 0.1) is 0 Å². The Morgan fingerprint density at radius 2 is 1.33 bits per heavy atom. The minimum absolute atomic E-state index is 0. The van der Waals surface area contributed by atoms with Crippen molar-refractivity contribution >= 4 is 37.8 Å². The molecule has 0 amide bonds. The van der Waals surface area contributed by atoms with Crippen molar-refractivity contribution in [1.82, 2.24) is 0 Å². The summed E-state index contributed by atoms with van der Waals surface area (Å²) in [6.45, 7) is 0. The summed E-state index contributed by atoms with van der Waals surface area (Å²) in [6, 6.07) is 0. The Kier molecular flexibility index (Phi) is 24.8.